The predicted molar refractivity (Wildman–Crippen MR) is 61.6 cm³/mol. The molecule has 0 aromatic carbocycles. The summed E-state index contributed by atoms with van der Waals surface area (Å²) in [5, 5.41) is 8.65. The molecule has 0 aliphatic heterocycles. The maximum atomic E-state index is 11.7. The summed E-state index contributed by atoms with van der Waals surface area (Å²) in [6.07, 6.45) is 1.29. The van der Waals surface area contributed by atoms with Gasteiger partial charge in [0.1, 0.15) is 5.69 Å². The maximum absolute atomic E-state index is 11.7. The van der Waals surface area contributed by atoms with E-state index in [0.29, 0.717) is 12.2 Å². The number of carboxylic acid groups (broad SMARTS) is 1. The Balaban J connectivity index is 2.84. The van der Waals surface area contributed by atoms with Gasteiger partial charge >= 0.3 is 11.9 Å². The first-order valence-electron chi connectivity index (χ1n) is 5.35. The van der Waals surface area contributed by atoms with Gasteiger partial charge in [0.25, 0.3) is 0 Å². The number of ether oxygens (including phenoxy) is 1. The zero-order valence-corrected chi connectivity index (χ0v) is 9.84. The van der Waals surface area contributed by atoms with Crippen LogP contribution >= 0.6 is 0 Å². The van der Waals surface area contributed by atoms with E-state index in [1.54, 1.807) is 10.8 Å². The molecule has 0 spiro atoms. The summed E-state index contributed by atoms with van der Waals surface area (Å²) in [5.41, 5.74) is 6.32. The first-order chi connectivity index (χ1) is 7.95. The van der Waals surface area contributed by atoms with Gasteiger partial charge in [-0.1, -0.05) is 6.92 Å². The van der Waals surface area contributed by atoms with Crippen molar-refractivity contribution in [2.75, 3.05) is 5.73 Å². The van der Waals surface area contributed by atoms with Crippen molar-refractivity contribution in [2.24, 2.45) is 0 Å². The van der Waals surface area contributed by atoms with Crippen LogP contribution in [-0.2, 0) is 16.1 Å². The normalized spacial score (nSPS) is 12.1. The van der Waals surface area contributed by atoms with Crippen molar-refractivity contribution in [3.05, 3.63) is 18.0 Å². The third kappa shape index (κ3) is 3.24. The standard InChI is InChI=1S/C11H16N2O4/c1-3-4-13-6-8(12)5-9(13)11(16)17-7(2)10(14)15/h5-7H,3-4,12H2,1-2H3,(H,14,15). The van der Waals surface area contributed by atoms with Crippen LogP contribution in [-0.4, -0.2) is 27.7 Å². The number of esters is 1. The highest BCUT2D eigenvalue weighted by molar-refractivity contribution is 5.90. The van der Waals surface area contributed by atoms with Gasteiger partial charge in [0.2, 0.25) is 0 Å². The second-order valence-electron chi connectivity index (χ2n) is 3.74. The van der Waals surface area contributed by atoms with Crippen LogP contribution in [0.1, 0.15) is 30.8 Å². The van der Waals surface area contributed by atoms with Gasteiger partial charge in [0, 0.05) is 12.7 Å². The van der Waals surface area contributed by atoms with E-state index >= 15 is 0 Å². The molecule has 0 fully saturated rings. The van der Waals surface area contributed by atoms with Gasteiger partial charge < -0.3 is 20.1 Å². The molecule has 1 rings (SSSR count). The van der Waals surface area contributed by atoms with Gasteiger partial charge in [-0.2, -0.15) is 0 Å². The van der Waals surface area contributed by atoms with Gasteiger partial charge in [0.05, 0.1) is 5.69 Å². The monoisotopic (exact) mass is 240 g/mol. The zero-order chi connectivity index (χ0) is 13.0. The molecule has 1 aromatic heterocycles. The van der Waals surface area contributed by atoms with Gasteiger partial charge in [-0.15, -0.1) is 0 Å². The molecular formula is C11H16N2O4. The minimum Gasteiger partial charge on any atom is -0.479 e. The summed E-state index contributed by atoms with van der Waals surface area (Å²) in [7, 11) is 0. The lowest BCUT2D eigenvalue weighted by molar-refractivity contribution is -0.146. The van der Waals surface area contributed by atoms with Crippen LogP contribution in [0, 0.1) is 0 Å². The Kier molecular flexibility index (Phi) is 4.14. The molecule has 3 N–H and O–H groups in total. The molecule has 0 aliphatic rings. The molecule has 0 aliphatic carbocycles. The van der Waals surface area contributed by atoms with E-state index in [-0.39, 0.29) is 5.69 Å². The van der Waals surface area contributed by atoms with Crippen LogP contribution in [0.15, 0.2) is 12.3 Å². The molecule has 94 valence electrons. The average Bonchev–Trinajstić information content (AvgIpc) is 2.60. The molecule has 1 heterocycles. The highest BCUT2D eigenvalue weighted by atomic mass is 16.6. The second kappa shape index (κ2) is 5.38. The number of carbonyl (C=O) groups excluding carboxylic acids is 1. The Hall–Kier alpha value is -1.98. The SMILES string of the molecule is CCCn1cc(N)cc1C(=O)OC(C)C(=O)O. The van der Waals surface area contributed by atoms with Crippen LogP contribution in [0.5, 0.6) is 0 Å². The highest BCUT2D eigenvalue weighted by Crippen LogP contribution is 2.13. The van der Waals surface area contributed by atoms with Crippen molar-refractivity contribution in [3.63, 3.8) is 0 Å². The topological polar surface area (TPSA) is 94.5 Å². The third-order valence-corrected chi connectivity index (χ3v) is 2.22. The van der Waals surface area contributed by atoms with E-state index in [1.165, 1.54) is 13.0 Å². The number of nitrogen functional groups attached to an aromatic ring is 1. The number of anilines is 1. The van der Waals surface area contributed by atoms with E-state index in [9.17, 15) is 9.59 Å². The quantitative estimate of drug-likeness (QED) is 0.752. The van der Waals surface area contributed by atoms with Gasteiger partial charge in [-0.05, 0) is 19.4 Å². The fourth-order valence-electron chi connectivity index (χ4n) is 1.40. The first kappa shape index (κ1) is 13.1. The molecule has 0 bridgehead atoms. The van der Waals surface area contributed by atoms with Crippen LogP contribution in [0.4, 0.5) is 5.69 Å². The lowest BCUT2D eigenvalue weighted by atomic mass is 10.3. The molecule has 1 atom stereocenters. The number of hydrogen-bond acceptors (Lipinski definition) is 4. The minimum absolute atomic E-state index is 0.275. The van der Waals surface area contributed by atoms with Gasteiger partial charge in [-0.25, -0.2) is 9.59 Å². The lowest BCUT2D eigenvalue weighted by Gasteiger charge is -2.10. The number of aliphatic carboxylic acids is 1. The number of carboxylic acids is 1. The van der Waals surface area contributed by atoms with E-state index < -0.39 is 18.0 Å². The molecule has 6 nitrogen and oxygen atoms in total. The molecule has 0 radical (unpaired) electrons. The second-order valence-corrected chi connectivity index (χ2v) is 3.74. The zero-order valence-electron chi connectivity index (χ0n) is 9.84. The Morgan fingerprint density at radius 1 is 1.59 bits per heavy atom. The number of aryl methyl sites for hydroxylation is 1. The molecule has 6 heteroatoms. The smallest absolute Gasteiger partial charge is 0.355 e. The molecule has 0 saturated carbocycles. The molecule has 1 aromatic rings. The summed E-state index contributed by atoms with van der Waals surface area (Å²) in [6, 6.07) is 1.48. The predicted octanol–water partition coefficient (Wildman–Crippen LogP) is 1.11. The molecule has 17 heavy (non-hydrogen) atoms. The third-order valence-electron chi connectivity index (χ3n) is 2.22. The average molecular weight is 240 g/mol. The van der Waals surface area contributed by atoms with Crippen molar-refractivity contribution in [2.45, 2.75) is 32.9 Å². The number of nitrogens with two attached hydrogens (primary N) is 1. The number of carbonyl (C=O) groups is 2. The Bertz CT molecular complexity index is 425. The Labute approximate surface area is 99.0 Å². The fourth-order valence-corrected chi connectivity index (χ4v) is 1.40. The van der Waals surface area contributed by atoms with Crippen molar-refractivity contribution in [1.82, 2.24) is 4.57 Å². The summed E-state index contributed by atoms with van der Waals surface area (Å²) in [4.78, 5) is 22.3. The highest BCUT2D eigenvalue weighted by Gasteiger charge is 2.20. The first-order valence-corrected chi connectivity index (χ1v) is 5.35. The van der Waals surface area contributed by atoms with E-state index in [0.717, 1.165) is 6.42 Å². The number of aromatic nitrogens is 1. The summed E-state index contributed by atoms with van der Waals surface area (Å²) >= 11 is 0. The Morgan fingerprint density at radius 2 is 2.24 bits per heavy atom. The molecule has 1 unspecified atom stereocenters. The van der Waals surface area contributed by atoms with Crippen molar-refractivity contribution >= 4 is 17.6 Å². The van der Waals surface area contributed by atoms with Gasteiger partial charge in [0.15, 0.2) is 6.10 Å². The van der Waals surface area contributed by atoms with Gasteiger partial charge in [-0.3, -0.25) is 0 Å². The van der Waals surface area contributed by atoms with E-state index in [1.807, 2.05) is 6.92 Å². The largest absolute Gasteiger partial charge is 0.479 e. The van der Waals surface area contributed by atoms with Crippen molar-refractivity contribution in [3.8, 4) is 0 Å². The summed E-state index contributed by atoms with van der Waals surface area (Å²) in [6.45, 7) is 3.89. The minimum atomic E-state index is -1.18. The van der Waals surface area contributed by atoms with Crippen molar-refractivity contribution < 1.29 is 19.4 Å². The summed E-state index contributed by atoms with van der Waals surface area (Å²) < 4.78 is 6.44. The van der Waals surface area contributed by atoms with Crippen molar-refractivity contribution in [1.29, 1.82) is 0 Å². The van der Waals surface area contributed by atoms with Crippen LogP contribution in [0.2, 0.25) is 0 Å². The Morgan fingerprint density at radius 3 is 2.76 bits per heavy atom. The number of hydrogen-bond donors (Lipinski definition) is 2. The van der Waals surface area contributed by atoms with Crippen LogP contribution in [0.3, 0.4) is 0 Å². The lowest BCUT2D eigenvalue weighted by Crippen LogP contribution is -2.24. The molecule has 0 saturated heterocycles. The van der Waals surface area contributed by atoms with E-state index in [4.69, 9.17) is 15.6 Å². The van der Waals surface area contributed by atoms with E-state index in [2.05, 4.69) is 0 Å². The van der Waals surface area contributed by atoms with Crippen LogP contribution < -0.4 is 5.73 Å². The van der Waals surface area contributed by atoms with Crippen LogP contribution in [0.25, 0.3) is 0 Å². The fraction of sp³-hybridized carbons (Fsp3) is 0.455. The number of rotatable bonds is 5. The number of nitrogens with zero attached hydrogens (tertiary/aromatic N) is 1. The molecular weight excluding hydrogens is 224 g/mol. The molecule has 0 amide bonds. The maximum Gasteiger partial charge on any atom is 0.355 e. The summed E-state index contributed by atoms with van der Waals surface area (Å²) in [5.74, 6) is -1.86.